The lowest BCUT2D eigenvalue weighted by atomic mass is 10.0. The number of pyridine rings is 1. The normalized spacial score (nSPS) is 15.5. The van der Waals surface area contributed by atoms with Gasteiger partial charge in [0.25, 0.3) is 5.89 Å². The molecule has 6 rings (SSSR count). The van der Waals surface area contributed by atoms with Gasteiger partial charge in [-0.2, -0.15) is 8.78 Å². The third-order valence-corrected chi connectivity index (χ3v) is 5.76. The molecule has 0 fully saturated rings. The molecule has 33 heavy (non-hydrogen) atoms. The maximum atomic E-state index is 12.8. The van der Waals surface area contributed by atoms with E-state index in [-0.39, 0.29) is 5.89 Å². The van der Waals surface area contributed by atoms with Crippen LogP contribution in [0.4, 0.5) is 14.5 Å². The molecule has 1 unspecified atom stereocenters. The molecule has 0 bridgehead atoms. The second-order valence-electron chi connectivity index (χ2n) is 7.72. The predicted octanol–water partition coefficient (Wildman–Crippen LogP) is 5.49. The van der Waals surface area contributed by atoms with Crippen molar-refractivity contribution in [3.05, 3.63) is 84.1 Å². The Morgan fingerprint density at radius 1 is 1.03 bits per heavy atom. The maximum Gasteiger partial charge on any atom is 0.314 e. The van der Waals surface area contributed by atoms with Crippen LogP contribution in [-0.2, 0) is 6.54 Å². The van der Waals surface area contributed by atoms with Crippen molar-refractivity contribution in [2.24, 2.45) is 0 Å². The first kappa shape index (κ1) is 19.6. The summed E-state index contributed by atoms with van der Waals surface area (Å²) in [4.78, 5) is 6.26. The molecule has 1 N–H and O–H groups in total. The number of hydrogen-bond acceptors (Lipinski definition) is 7. The Morgan fingerprint density at radius 2 is 1.91 bits per heavy atom. The number of benzene rings is 2. The lowest BCUT2D eigenvalue weighted by molar-refractivity contribution is 0.116. The van der Waals surface area contributed by atoms with Crippen LogP contribution in [0.1, 0.15) is 29.7 Å². The largest absolute Gasteiger partial charge is 0.446 e. The number of furan rings is 1. The molecular formula is C24H16F2N4O3. The zero-order valence-electron chi connectivity index (χ0n) is 17.0. The van der Waals surface area contributed by atoms with Crippen molar-refractivity contribution >= 4 is 16.8 Å². The highest BCUT2D eigenvalue weighted by Crippen LogP contribution is 2.42. The summed E-state index contributed by atoms with van der Waals surface area (Å²) >= 11 is 0. The Bertz CT molecular complexity index is 1480. The monoisotopic (exact) mass is 446 g/mol. The van der Waals surface area contributed by atoms with Crippen LogP contribution in [0.25, 0.3) is 33.7 Å². The molecule has 0 radical (unpaired) electrons. The first-order valence-electron chi connectivity index (χ1n) is 10.2. The summed E-state index contributed by atoms with van der Waals surface area (Å²) in [5.41, 5.74) is 5.25. The first-order chi connectivity index (χ1) is 16.1. The predicted molar refractivity (Wildman–Crippen MR) is 115 cm³/mol. The molecule has 0 aliphatic carbocycles. The summed E-state index contributed by atoms with van der Waals surface area (Å²) in [7, 11) is 0. The third kappa shape index (κ3) is 3.25. The van der Waals surface area contributed by atoms with E-state index in [2.05, 4.69) is 15.2 Å². The number of nitrogens with zero attached hydrogens (tertiary/aromatic N) is 4. The number of aromatic nitrogens is 3. The summed E-state index contributed by atoms with van der Waals surface area (Å²) < 4.78 is 36.0. The van der Waals surface area contributed by atoms with E-state index in [9.17, 15) is 13.9 Å². The highest BCUT2D eigenvalue weighted by atomic mass is 19.3. The van der Waals surface area contributed by atoms with Gasteiger partial charge in [-0.05, 0) is 35.9 Å². The van der Waals surface area contributed by atoms with E-state index < -0.39 is 18.5 Å². The molecule has 4 heterocycles. The Labute approximate surface area is 185 Å². The molecule has 0 amide bonds. The van der Waals surface area contributed by atoms with Crippen LogP contribution in [0, 0.1) is 0 Å². The van der Waals surface area contributed by atoms with Crippen LogP contribution in [0.5, 0.6) is 0 Å². The third-order valence-electron chi connectivity index (χ3n) is 5.76. The van der Waals surface area contributed by atoms with Crippen LogP contribution in [0.3, 0.4) is 0 Å². The molecular weight excluding hydrogens is 430 g/mol. The molecule has 0 saturated heterocycles. The molecule has 0 saturated carbocycles. The van der Waals surface area contributed by atoms with E-state index in [1.807, 2.05) is 47.4 Å². The number of aliphatic hydroxyl groups excluding tert-OH is 1. The number of aliphatic hydroxyl groups is 1. The van der Waals surface area contributed by atoms with Gasteiger partial charge in [-0.3, -0.25) is 0 Å². The van der Waals surface area contributed by atoms with Gasteiger partial charge in [-0.15, -0.1) is 10.2 Å². The summed E-state index contributed by atoms with van der Waals surface area (Å²) in [6.07, 6.45) is -0.438. The minimum Gasteiger partial charge on any atom is -0.446 e. The number of para-hydroxylation sites is 1. The Kier molecular flexibility index (Phi) is 4.44. The molecule has 5 aromatic rings. The molecule has 0 spiro atoms. The van der Waals surface area contributed by atoms with Gasteiger partial charge in [0.2, 0.25) is 11.6 Å². The average molecular weight is 446 g/mol. The molecule has 9 heteroatoms. The van der Waals surface area contributed by atoms with Crippen LogP contribution in [0.2, 0.25) is 0 Å². The summed E-state index contributed by atoms with van der Waals surface area (Å²) in [6.45, 7) is 0.474. The van der Waals surface area contributed by atoms with Crippen molar-refractivity contribution in [1.29, 1.82) is 0 Å². The summed E-state index contributed by atoms with van der Waals surface area (Å²) in [5, 5.41) is 19.1. The van der Waals surface area contributed by atoms with Crippen LogP contribution in [0.15, 0.2) is 75.9 Å². The zero-order valence-corrected chi connectivity index (χ0v) is 17.0. The van der Waals surface area contributed by atoms with E-state index in [1.54, 1.807) is 24.6 Å². The van der Waals surface area contributed by atoms with Crippen LogP contribution >= 0.6 is 0 Å². The molecule has 7 nitrogen and oxygen atoms in total. The van der Waals surface area contributed by atoms with Gasteiger partial charge < -0.3 is 18.8 Å². The first-order valence-corrected chi connectivity index (χ1v) is 10.2. The van der Waals surface area contributed by atoms with Gasteiger partial charge in [0.05, 0.1) is 6.26 Å². The van der Waals surface area contributed by atoms with E-state index in [0.29, 0.717) is 23.4 Å². The number of hydrogen-bond donors (Lipinski definition) is 1. The minimum absolute atomic E-state index is 0.0151. The quantitative estimate of drug-likeness (QED) is 0.390. The SMILES string of the molecule is OC1c2cc(-c3nnc(C(F)F)o3)ccc2CN1c1ccccc1-c1cnc2occc2c1. The fraction of sp³-hybridized carbons (Fsp3) is 0.125. The van der Waals surface area contributed by atoms with Gasteiger partial charge in [-0.1, -0.05) is 24.3 Å². The molecule has 2 aromatic carbocycles. The van der Waals surface area contributed by atoms with Crippen molar-refractivity contribution in [3.63, 3.8) is 0 Å². The fourth-order valence-electron chi connectivity index (χ4n) is 4.18. The minimum atomic E-state index is -2.84. The average Bonchev–Trinajstić information content (AvgIpc) is 3.57. The highest BCUT2D eigenvalue weighted by Gasteiger charge is 2.31. The number of fused-ring (bicyclic) bond motifs is 2. The number of anilines is 1. The van der Waals surface area contributed by atoms with E-state index in [4.69, 9.17) is 8.83 Å². The lowest BCUT2D eigenvalue weighted by Gasteiger charge is -2.25. The van der Waals surface area contributed by atoms with E-state index >= 15 is 0 Å². The molecule has 3 aromatic heterocycles. The number of rotatable bonds is 4. The second kappa shape index (κ2) is 7.49. The van der Waals surface area contributed by atoms with Crippen molar-refractivity contribution in [2.45, 2.75) is 19.2 Å². The maximum absolute atomic E-state index is 12.8. The van der Waals surface area contributed by atoms with Gasteiger partial charge in [0, 0.05) is 46.1 Å². The lowest BCUT2D eigenvalue weighted by Crippen LogP contribution is -2.21. The molecule has 164 valence electrons. The number of halogens is 2. The van der Waals surface area contributed by atoms with E-state index in [1.165, 1.54) is 0 Å². The van der Waals surface area contributed by atoms with Gasteiger partial charge in [-0.25, -0.2) is 4.98 Å². The van der Waals surface area contributed by atoms with Gasteiger partial charge in [0.15, 0.2) is 6.23 Å². The van der Waals surface area contributed by atoms with Crippen molar-refractivity contribution in [3.8, 4) is 22.6 Å². The zero-order chi connectivity index (χ0) is 22.5. The van der Waals surface area contributed by atoms with E-state index in [0.717, 1.165) is 27.8 Å². The van der Waals surface area contributed by atoms with Crippen molar-refractivity contribution in [2.75, 3.05) is 4.90 Å². The fourth-order valence-corrected chi connectivity index (χ4v) is 4.18. The van der Waals surface area contributed by atoms with Gasteiger partial charge in [0.1, 0.15) is 0 Å². The summed E-state index contributed by atoms with van der Waals surface area (Å²) in [5.74, 6) is -0.747. The Morgan fingerprint density at radius 3 is 2.76 bits per heavy atom. The van der Waals surface area contributed by atoms with Crippen molar-refractivity contribution < 1.29 is 22.7 Å². The van der Waals surface area contributed by atoms with Crippen LogP contribution in [-0.4, -0.2) is 20.3 Å². The molecule has 1 aliphatic rings. The molecule has 1 aliphatic heterocycles. The topological polar surface area (TPSA) is 88.4 Å². The Balaban J connectivity index is 1.36. The standard InChI is InChI=1S/C24H16F2N4O3/c25-20(26)23-29-28-22(33-23)13-5-6-15-12-30(24(31)18(15)10-13)19-4-2-1-3-17(19)16-9-14-7-8-32-21(14)27-11-16/h1-11,20,24,31H,12H2. The number of alkyl halides is 2. The smallest absolute Gasteiger partial charge is 0.314 e. The molecule has 1 atom stereocenters. The van der Waals surface area contributed by atoms with Gasteiger partial charge >= 0.3 is 6.43 Å². The van der Waals surface area contributed by atoms with Crippen molar-refractivity contribution in [1.82, 2.24) is 15.2 Å². The highest BCUT2D eigenvalue weighted by molar-refractivity contribution is 5.85. The Hall–Kier alpha value is -4.11. The second-order valence-corrected chi connectivity index (χ2v) is 7.72. The van der Waals surface area contributed by atoms with Crippen LogP contribution < -0.4 is 4.90 Å². The summed E-state index contributed by atoms with van der Waals surface area (Å²) in [6, 6.07) is 16.9.